The van der Waals surface area contributed by atoms with E-state index in [9.17, 15) is 9.59 Å². The van der Waals surface area contributed by atoms with Gasteiger partial charge in [-0.2, -0.15) is 0 Å². The van der Waals surface area contributed by atoms with Crippen LogP contribution in [-0.2, 0) is 14.2 Å². The van der Waals surface area contributed by atoms with Crippen LogP contribution < -0.4 is 4.90 Å². The van der Waals surface area contributed by atoms with Gasteiger partial charge in [0.2, 0.25) is 0 Å². The van der Waals surface area contributed by atoms with Crippen molar-refractivity contribution in [2.45, 2.75) is 44.2 Å². The van der Waals surface area contributed by atoms with Crippen LogP contribution in [-0.4, -0.2) is 55.4 Å². The molecule has 0 saturated carbocycles. The molecule has 10 nitrogen and oxygen atoms in total. The molecule has 0 N–H and O–H groups in total. The third-order valence-electron chi connectivity index (χ3n) is 7.62. The molecule has 4 atom stereocenters. The number of imidazole rings is 1. The predicted molar refractivity (Wildman–Crippen MR) is 163 cm³/mol. The van der Waals surface area contributed by atoms with E-state index in [-0.39, 0.29) is 17.4 Å². The van der Waals surface area contributed by atoms with E-state index in [2.05, 4.69) is 15.0 Å². The molecule has 2 aliphatic rings. The summed E-state index contributed by atoms with van der Waals surface area (Å²) in [6.07, 6.45) is 4.92. The topological polar surface area (TPSA) is 109 Å². The summed E-state index contributed by atoms with van der Waals surface area (Å²) >= 11 is 0. The predicted octanol–water partition coefficient (Wildman–Crippen LogP) is 5.44. The van der Waals surface area contributed by atoms with Crippen molar-refractivity contribution in [3.63, 3.8) is 0 Å². The Balaban J connectivity index is 1.28. The Morgan fingerprint density at radius 2 is 1.39 bits per heavy atom. The van der Waals surface area contributed by atoms with Crippen LogP contribution in [0.25, 0.3) is 17.2 Å². The lowest BCUT2D eigenvalue weighted by atomic mass is 10.1. The molecular weight excluding hydrogens is 558 g/mol. The van der Waals surface area contributed by atoms with E-state index in [4.69, 9.17) is 14.2 Å². The van der Waals surface area contributed by atoms with Crippen molar-refractivity contribution < 1.29 is 23.8 Å². The highest BCUT2D eigenvalue weighted by Crippen LogP contribution is 2.44. The number of nitrogens with zero attached hydrogens (tertiary/aromatic N) is 5. The summed E-state index contributed by atoms with van der Waals surface area (Å²) in [7, 11) is 0. The van der Waals surface area contributed by atoms with Crippen LogP contribution in [0.2, 0.25) is 0 Å². The summed E-state index contributed by atoms with van der Waals surface area (Å²) in [4.78, 5) is 42.3. The Labute approximate surface area is 253 Å². The second-order valence-corrected chi connectivity index (χ2v) is 11.0. The first kappa shape index (κ1) is 27.8. The van der Waals surface area contributed by atoms with Crippen molar-refractivity contribution in [2.24, 2.45) is 0 Å². The second kappa shape index (κ2) is 11.2. The number of imide groups is 1. The lowest BCUT2D eigenvalue weighted by molar-refractivity contribution is -0.191. The minimum atomic E-state index is -0.826. The normalized spacial score (nSPS) is 22.3. The minimum Gasteiger partial charge on any atom is -0.345 e. The largest absolute Gasteiger partial charge is 0.345 e. The Morgan fingerprint density at radius 3 is 2.02 bits per heavy atom. The highest BCUT2D eigenvalue weighted by Gasteiger charge is 2.55. The minimum absolute atomic E-state index is 0.0652. The lowest BCUT2D eigenvalue weighted by Gasteiger charge is -2.24. The monoisotopic (exact) mass is 587 g/mol. The van der Waals surface area contributed by atoms with Crippen LogP contribution in [0.4, 0.5) is 5.82 Å². The quantitative estimate of drug-likeness (QED) is 0.242. The molecule has 0 radical (unpaired) electrons. The average Bonchev–Trinajstić information content (AvgIpc) is 3.72. The first-order valence-corrected chi connectivity index (χ1v) is 14.3. The maximum atomic E-state index is 13.9. The molecule has 2 aromatic heterocycles. The van der Waals surface area contributed by atoms with Crippen LogP contribution >= 0.6 is 0 Å². The second-order valence-electron chi connectivity index (χ2n) is 11.0. The number of fused-ring (bicyclic) bond motifs is 2. The molecule has 2 aliphatic heterocycles. The van der Waals surface area contributed by atoms with E-state index in [1.165, 1.54) is 6.33 Å². The number of ether oxygens (including phenoxy) is 3. The summed E-state index contributed by atoms with van der Waals surface area (Å²) in [5.74, 6) is -1.83. The molecule has 3 aromatic carbocycles. The van der Waals surface area contributed by atoms with Gasteiger partial charge in [0, 0.05) is 11.1 Å². The van der Waals surface area contributed by atoms with Crippen molar-refractivity contribution in [1.29, 1.82) is 0 Å². The Bertz CT molecular complexity index is 1790. The standard InChI is InChI=1S/C34H29N5O5/c1-34(2)43-27-25(19-18-22-12-6-3-7-13-22)42-33(28(27)44-34)38-21-37-26-29(38)35-20-36-30(26)39(31(40)23-14-8-4-9-15-23)32(41)24-16-10-5-11-17-24/h3-21,25,27-28,33H,1-2H3/t25-,27-,28-,33-/m1/s1. The number of carbonyl (C=O) groups excluding carboxylic acids is 2. The molecule has 4 heterocycles. The van der Waals surface area contributed by atoms with Gasteiger partial charge in [0.25, 0.3) is 11.8 Å². The van der Waals surface area contributed by atoms with Crippen LogP contribution in [0, 0.1) is 0 Å². The van der Waals surface area contributed by atoms with Gasteiger partial charge >= 0.3 is 0 Å². The zero-order valence-electron chi connectivity index (χ0n) is 24.1. The molecule has 5 aromatic rings. The van der Waals surface area contributed by atoms with Gasteiger partial charge in [-0.1, -0.05) is 78.9 Å². The van der Waals surface area contributed by atoms with Crippen molar-refractivity contribution >= 4 is 34.9 Å². The number of hydrogen-bond donors (Lipinski definition) is 0. The number of carbonyl (C=O) groups is 2. The fraction of sp³-hybridized carbons (Fsp3) is 0.206. The van der Waals surface area contributed by atoms with Gasteiger partial charge < -0.3 is 14.2 Å². The number of aromatic nitrogens is 4. The third-order valence-corrected chi connectivity index (χ3v) is 7.62. The van der Waals surface area contributed by atoms with Crippen molar-refractivity contribution in [3.05, 3.63) is 126 Å². The summed E-state index contributed by atoms with van der Waals surface area (Å²) in [6.45, 7) is 3.74. The van der Waals surface area contributed by atoms with Gasteiger partial charge in [-0.3, -0.25) is 14.2 Å². The fourth-order valence-electron chi connectivity index (χ4n) is 5.65. The Kier molecular flexibility index (Phi) is 7.09. The number of benzene rings is 3. The molecule has 44 heavy (non-hydrogen) atoms. The first-order valence-electron chi connectivity index (χ1n) is 14.3. The third kappa shape index (κ3) is 5.09. The molecule has 2 saturated heterocycles. The maximum Gasteiger partial charge on any atom is 0.266 e. The van der Waals surface area contributed by atoms with E-state index >= 15 is 0 Å². The number of hydrogen-bond acceptors (Lipinski definition) is 8. The maximum absolute atomic E-state index is 13.9. The SMILES string of the molecule is CC1(C)O[C@@H]2[C@H](O1)[C@@H](C=Cc1ccccc1)O[C@H]2n1cnc2c(N(C(=O)c3ccccc3)C(=O)c3ccccc3)ncnc21. The highest BCUT2D eigenvalue weighted by molar-refractivity contribution is 6.27. The smallest absolute Gasteiger partial charge is 0.266 e. The fourth-order valence-corrected chi connectivity index (χ4v) is 5.65. The van der Waals surface area contributed by atoms with E-state index in [1.807, 2.05) is 56.3 Å². The van der Waals surface area contributed by atoms with Crippen LogP contribution in [0.3, 0.4) is 0 Å². The highest BCUT2D eigenvalue weighted by atomic mass is 16.8. The first-order chi connectivity index (χ1) is 21.4. The summed E-state index contributed by atoms with van der Waals surface area (Å²) in [5.41, 5.74) is 2.34. The van der Waals surface area contributed by atoms with Gasteiger partial charge in [0.05, 0.1) is 6.33 Å². The van der Waals surface area contributed by atoms with Crippen molar-refractivity contribution in [3.8, 4) is 0 Å². The van der Waals surface area contributed by atoms with Gasteiger partial charge in [0.15, 0.2) is 29.0 Å². The average molecular weight is 588 g/mol. The van der Waals surface area contributed by atoms with Gasteiger partial charge in [-0.15, -0.1) is 0 Å². The van der Waals surface area contributed by atoms with Crippen molar-refractivity contribution in [2.75, 3.05) is 4.90 Å². The molecular formula is C34H29N5O5. The zero-order chi connectivity index (χ0) is 30.3. The van der Waals surface area contributed by atoms with E-state index in [1.54, 1.807) is 71.6 Å². The van der Waals surface area contributed by atoms with Gasteiger partial charge in [-0.25, -0.2) is 19.9 Å². The number of rotatable bonds is 6. The van der Waals surface area contributed by atoms with Crippen LogP contribution in [0.5, 0.6) is 0 Å². The zero-order valence-corrected chi connectivity index (χ0v) is 24.1. The lowest BCUT2D eigenvalue weighted by Crippen LogP contribution is -2.38. The summed E-state index contributed by atoms with van der Waals surface area (Å²) in [6, 6.07) is 27.1. The van der Waals surface area contributed by atoms with E-state index in [0.29, 0.717) is 16.8 Å². The molecule has 2 fully saturated rings. The Hall–Kier alpha value is -5.03. The Morgan fingerprint density at radius 1 is 0.795 bits per heavy atom. The summed E-state index contributed by atoms with van der Waals surface area (Å²) in [5, 5.41) is 0. The van der Waals surface area contributed by atoms with Crippen molar-refractivity contribution in [1.82, 2.24) is 19.5 Å². The number of amides is 2. The van der Waals surface area contributed by atoms with E-state index in [0.717, 1.165) is 10.5 Å². The molecule has 10 heteroatoms. The van der Waals surface area contributed by atoms with E-state index < -0.39 is 36.0 Å². The molecule has 2 amide bonds. The van der Waals surface area contributed by atoms with Gasteiger partial charge in [0.1, 0.15) is 24.6 Å². The molecule has 7 rings (SSSR count). The van der Waals surface area contributed by atoms with Gasteiger partial charge in [-0.05, 0) is 43.7 Å². The molecule has 0 unspecified atom stereocenters. The van der Waals surface area contributed by atoms with Crippen LogP contribution in [0.15, 0.2) is 110 Å². The molecule has 220 valence electrons. The van der Waals surface area contributed by atoms with Crippen LogP contribution in [0.1, 0.15) is 46.4 Å². The molecule has 0 bridgehead atoms. The molecule has 0 spiro atoms. The summed E-state index contributed by atoms with van der Waals surface area (Å²) < 4.78 is 20.8. The molecule has 0 aliphatic carbocycles. The number of anilines is 1.